The van der Waals surface area contributed by atoms with E-state index in [-0.39, 0.29) is 5.82 Å². The van der Waals surface area contributed by atoms with Gasteiger partial charge in [-0.2, -0.15) is 0 Å². The fraction of sp³-hybridized carbons (Fsp3) is 0.182. The van der Waals surface area contributed by atoms with Crippen LogP contribution in [-0.4, -0.2) is 17.6 Å². The zero-order valence-electron chi connectivity index (χ0n) is 8.59. The molecule has 0 aliphatic heterocycles. The summed E-state index contributed by atoms with van der Waals surface area (Å²) in [6.07, 6.45) is 2.47. The van der Waals surface area contributed by atoms with E-state index in [1.165, 1.54) is 12.1 Å². The van der Waals surface area contributed by atoms with Gasteiger partial charge in [0.05, 0.1) is 0 Å². The number of halogens is 1. The molecule has 1 heterocycles. The molecule has 0 saturated carbocycles. The zero-order valence-corrected chi connectivity index (χ0v) is 8.59. The van der Waals surface area contributed by atoms with Gasteiger partial charge in [0.15, 0.2) is 0 Å². The molecule has 5 heteroatoms. The number of amides is 2. The van der Waals surface area contributed by atoms with Crippen LogP contribution >= 0.6 is 0 Å². The topological polar surface area (TPSA) is 70.9 Å². The molecule has 0 saturated heterocycles. The molecular weight excluding hydrogens is 209 g/mol. The highest BCUT2D eigenvalue weighted by Gasteiger charge is 2.04. The third-order valence-corrected chi connectivity index (χ3v) is 2.42. The molecule has 2 amide bonds. The van der Waals surface area contributed by atoms with Crippen LogP contribution in [0.1, 0.15) is 5.56 Å². The number of fused-ring (bicyclic) bond motifs is 1. The molecule has 4 nitrogen and oxygen atoms in total. The molecule has 0 fully saturated rings. The first-order valence-corrected chi connectivity index (χ1v) is 4.95. The lowest BCUT2D eigenvalue weighted by molar-refractivity contribution is 0.249. The van der Waals surface area contributed by atoms with Crippen LogP contribution in [0, 0.1) is 5.82 Å². The Morgan fingerprint density at radius 1 is 1.50 bits per heavy atom. The van der Waals surface area contributed by atoms with Crippen LogP contribution < -0.4 is 11.1 Å². The number of carbonyl (C=O) groups is 1. The number of nitrogens with one attached hydrogen (secondary N) is 2. The summed E-state index contributed by atoms with van der Waals surface area (Å²) in [6.45, 7) is 0.472. The number of primary amides is 1. The third-order valence-electron chi connectivity index (χ3n) is 2.42. The average molecular weight is 221 g/mol. The van der Waals surface area contributed by atoms with Gasteiger partial charge in [0.1, 0.15) is 5.82 Å². The highest BCUT2D eigenvalue weighted by Crippen LogP contribution is 2.19. The van der Waals surface area contributed by atoms with Crippen molar-refractivity contribution < 1.29 is 9.18 Å². The van der Waals surface area contributed by atoms with Gasteiger partial charge in [-0.25, -0.2) is 9.18 Å². The molecule has 2 rings (SSSR count). The summed E-state index contributed by atoms with van der Waals surface area (Å²) in [5.74, 6) is -0.267. The normalized spacial score (nSPS) is 10.6. The van der Waals surface area contributed by atoms with Crippen molar-refractivity contribution in [3.8, 4) is 0 Å². The quantitative estimate of drug-likeness (QED) is 0.722. The van der Waals surface area contributed by atoms with E-state index in [1.54, 1.807) is 6.07 Å². The van der Waals surface area contributed by atoms with Gasteiger partial charge in [-0.05, 0) is 30.2 Å². The lowest BCUT2D eigenvalue weighted by Crippen LogP contribution is -2.30. The summed E-state index contributed by atoms with van der Waals surface area (Å²) in [5, 5.41) is 3.48. The molecular formula is C11H12FN3O. The Balaban J connectivity index is 2.15. The standard InChI is InChI=1S/C11H12FN3O/c12-8-1-2-9-7(3-4-14-11(13)16)6-15-10(9)5-8/h1-2,5-6,15H,3-4H2,(H3,13,14,16). The molecule has 1 aromatic heterocycles. The fourth-order valence-electron chi connectivity index (χ4n) is 1.69. The monoisotopic (exact) mass is 221 g/mol. The number of nitrogens with two attached hydrogens (primary N) is 1. The highest BCUT2D eigenvalue weighted by atomic mass is 19.1. The van der Waals surface area contributed by atoms with Crippen LogP contribution in [0.5, 0.6) is 0 Å². The smallest absolute Gasteiger partial charge is 0.312 e. The molecule has 0 radical (unpaired) electrons. The van der Waals surface area contributed by atoms with E-state index in [0.29, 0.717) is 13.0 Å². The van der Waals surface area contributed by atoms with Crippen molar-refractivity contribution >= 4 is 16.9 Å². The van der Waals surface area contributed by atoms with Crippen LogP contribution in [0.3, 0.4) is 0 Å². The Labute approximate surface area is 91.6 Å². The highest BCUT2D eigenvalue weighted by molar-refractivity contribution is 5.83. The van der Waals surface area contributed by atoms with E-state index < -0.39 is 6.03 Å². The first-order valence-electron chi connectivity index (χ1n) is 4.95. The first-order chi connectivity index (χ1) is 7.66. The van der Waals surface area contributed by atoms with Gasteiger partial charge in [0, 0.05) is 23.6 Å². The van der Waals surface area contributed by atoms with E-state index in [2.05, 4.69) is 10.3 Å². The van der Waals surface area contributed by atoms with E-state index in [4.69, 9.17) is 5.73 Å². The SMILES string of the molecule is NC(=O)NCCc1c[nH]c2cc(F)ccc12. The molecule has 16 heavy (non-hydrogen) atoms. The van der Waals surface area contributed by atoms with Gasteiger partial charge >= 0.3 is 6.03 Å². The minimum absolute atomic E-state index is 0.267. The molecule has 4 N–H and O–H groups in total. The van der Waals surface area contributed by atoms with E-state index >= 15 is 0 Å². The molecule has 0 aliphatic carbocycles. The zero-order chi connectivity index (χ0) is 11.5. The Bertz CT molecular complexity index is 521. The summed E-state index contributed by atoms with van der Waals surface area (Å²) in [7, 11) is 0. The van der Waals surface area contributed by atoms with Gasteiger partial charge < -0.3 is 16.0 Å². The second kappa shape index (κ2) is 4.22. The van der Waals surface area contributed by atoms with Crippen LogP contribution in [0.25, 0.3) is 10.9 Å². The summed E-state index contributed by atoms with van der Waals surface area (Å²) in [5.41, 5.74) is 6.75. The second-order valence-corrected chi connectivity index (χ2v) is 3.54. The van der Waals surface area contributed by atoms with E-state index in [0.717, 1.165) is 16.5 Å². The Kier molecular flexibility index (Phi) is 2.76. The van der Waals surface area contributed by atoms with E-state index in [9.17, 15) is 9.18 Å². The molecule has 0 unspecified atom stereocenters. The van der Waals surface area contributed by atoms with Crippen molar-refractivity contribution in [1.29, 1.82) is 0 Å². The maximum Gasteiger partial charge on any atom is 0.312 e. The van der Waals surface area contributed by atoms with Crippen molar-refractivity contribution in [2.24, 2.45) is 5.73 Å². The average Bonchev–Trinajstić information content (AvgIpc) is 2.60. The van der Waals surface area contributed by atoms with Gasteiger partial charge in [0.25, 0.3) is 0 Å². The predicted octanol–water partition coefficient (Wildman–Crippen LogP) is 1.52. The number of carbonyl (C=O) groups excluding carboxylic acids is 1. The lowest BCUT2D eigenvalue weighted by Gasteiger charge is -2.00. The number of rotatable bonds is 3. The lowest BCUT2D eigenvalue weighted by atomic mass is 10.1. The number of hydrogen-bond acceptors (Lipinski definition) is 1. The summed E-state index contributed by atoms with van der Waals surface area (Å²) < 4.78 is 12.9. The van der Waals surface area contributed by atoms with Crippen LogP contribution in [0.15, 0.2) is 24.4 Å². The van der Waals surface area contributed by atoms with Crippen molar-refractivity contribution in [3.63, 3.8) is 0 Å². The number of aromatic amines is 1. The number of hydrogen-bond donors (Lipinski definition) is 3. The van der Waals surface area contributed by atoms with Gasteiger partial charge in [0.2, 0.25) is 0 Å². The van der Waals surface area contributed by atoms with Gasteiger partial charge in [-0.3, -0.25) is 0 Å². The molecule has 2 aromatic rings. The minimum Gasteiger partial charge on any atom is -0.361 e. The number of benzene rings is 1. The molecule has 84 valence electrons. The van der Waals surface area contributed by atoms with Gasteiger partial charge in [-0.15, -0.1) is 0 Å². The van der Waals surface area contributed by atoms with Crippen LogP contribution in [0.2, 0.25) is 0 Å². The maximum absolute atomic E-state index is 12.9. The summed E-state index contributed by atoms with van der Waals surface area (Å²) in [4.78, 5) is 13.5. The number of H-pyrrole nitrogens is 1. The first kappa shape index (κ1) is 10.5. The van der Waals surface area contributed by atoms with Crippen molar-refractivity contribution in [2.75, 3.05) is 6.54 Å². The largest absolute Gasteiger partial charge is 0.361 e. The summed E-state index contributed by atoms with van der Waals surface area (Å²) in [6, 6.07) is 4.05. The Morgan fingerprint density at radius 2 is 2.31 bits per heavy atom. The Hall–Kier alpha value is -2.04. The molecule has 0 aliphatic rings. The maximum atomic E-state index is 12.9. The Morgan fingerprint density at radius 3 is 3.06 bits per heavy atom. The molecule has 0 atom stereocenters. The predicted molar refractivity (Wildman–Crippen MR) is 59.5 cm³/mol. The van der Waals surface area contributed by atoms with Gasteiger partial charge in [-0.1, -0.05) is 0 Å². The van der Waals surface area contributed by atoms with Crippen molar-refractivity contribution in [2.45, 2.75) is 6.42 Å². The second-order valence-electron chi connectivity index (χ2n) is 3.54. The number of aromatic nitrogens is 1. The fourth-order valence-corrected chi connectivity index (χ4v) is 1.69. The minimum atomic E-state index is -0.536. The number of urea groups is 1. The third kappa shape index (κ3) is 2.13. The van der Waals surface area contributed by atoms with Crippen LogP contribution in [-0.2, 0) is 6.42 Å². The van der Waals surface area contributed by atoms with Crippen LogP contribution in [0.4, 0.5) is 9.18 Å². The van der Waals surface area contributed by atoms with E-state index in [1.807, 2.05) is 6.20 Å². The molecule has 0 bridgehead atoms. The molecule has 1 aromatic carbocycles. The summed E-state index contributed by atoms with van der Waals surface area (Å²) >= 11 is 0. The van der Waals surface area contributed by atoms with Crippen molar-refractivity contribution in [1.82, 2.24) is 10.3 Å². The van der Waals surface area contributed by atoms with Crippen molar-refractivity contribution in [3.05, 3.63) is 35.8 Å². The molecule has 0 spiro atoms.